The molecule has 0 radical (unpaired) electrons. The molecule has 2 heterocycles. The highest BCUT2D eigenvalue weighted by Gasteiger charge is 2.32. The number of amides is 2. The summed E-state index contributed by atoms with van der Waals surface area (Å²) >= 11 is 0. The van der Waals surface area contributed by atoms with Crippen LogP contribution in [0, 0.1) is 0 Å². The van der Waals surface area contributed by atoms with E-state index in [0.29, 0.717) is 31.7 Å². The molecule has 2 rings (SSSR count). The fraction of sp³-hybridized carbons (Fsp3) is 0.500. The van der Waals surface area contributed by atoms with E-state index in [0.717, 1.165) is 0 Å². The van der Waals surface area contributed by atoms with Gasteiger partial charge in [-0.1, -0.05) is 0 Å². The number of carbonyl (C=O) groups is 2. The van der Waals surface area contributed by atoms with Crippen LogP contribution in [0.3, 0.4) is 0 Å². The molecular formula is C14H20N4O3. The zero-order valence-corrected chi connectivity index (χ0v) is 12.3. The van der Waals surface area contributed by atoms with E-state index in [-0.39, 0.29) is 17.4 Å². The molecule has 1 aliphatic heterocycles. The highest BCUT2D eigenvalue weighted by atomic mass is 16.2. The number of hydrogen-bond donors (Lipinski definition) is 2. The van der Waals surface area contributed by atoms with Crippen LogP contribution in [0.4, 0.5) is 0 Å². The lowest BCUT2D eigenvalue weighted by Crippen LogP contribution is -2.59. The number of carbonyl (C=O) groups excluding carboxylic acids is 2. The van der Waals surface area contributed by atoms with E-state index in [2.05, 4.69) is 10.6 Å². The first-order valence-electron chi connectivity index (χ1n) is 7.00. The van der Waals surface area contributed by atoms with Crippen LogP contribution in [0.5, 0.6) is 0 Å². The largest absolute Gasteiger partial charge is 0.355 e. The van der Waals surface area contributed by atoms with Crippen molar-refractivity contribution < 1.29 is 9.59 Å². The fourth-order valence-corrected chi connectivity index (χ4v) is 2.32. The normalized spacial score (nSPS) is 18.4. The third-order valence-corrected chi connectivity index (χ3v) is 3.51. The molecule has 1 unspecified atom stereocenters. The molecule has 1 atom stereocenters. The second-order valence-electron chi connectivity index (χ2n) is 4.98. The van der Waals surface area contributed by atoms with Crippen molar-refractivity contribution in [3.05, 3.63) is 34.2 Å². The van der Waals surface area contributed by atoms with Crippen molar-refractivity contribution in [1.82, 2.24) is 20.1 Å². The van der Waals surface area contributed by atoms with Gasteiger partial charge in [0.1, 0.15) is 6.04 Å². The first-order chi connectivity index (χ1) is 10.0. The molecule has 7 heteroatoms. The number of aromatic nitrogens is 1. The van der Waals surface area contributed by atoms with E-state index in [1.807, 2.05) is 6.92 Å². The van der Waals surface area contributed by atoms with E-state index < -0.39 is 6.04 Å². The number of hydrogen-bond acceptors (Lipinski definition) is 4. The summed E-state index contributed by atoms with van der Waals surface area (Å²) in [6.45, 7) is 3.84. The summed E-state index contributed by atoms with van der Waals surface area (Å²) in [5.41, 5.74) is 0.0693. The maximum atomic E-state index is 12.6. The second-order valence-corrected chi connectivity index (χ2v) is 4.98. The van der Waals surface area contributed by atoms with Crippen LogP contribution in [0.2, 0.25) is 0 Å². The van der Waals surface area contributed by atoms with E-state index in [9.17, 15) is 14.4 Å². The Balaban J connectivity index is 2.23. The predicted molar refractivity (Wildman–Crippen MR) is 78.1 cm³/mol. The molecule has 0 spiro atoms. The molecule has 21 heavy (non-hydrogen) atoms. The third-order valence-electron chi connectivity index (χ3n) is 3.51. The number of nitrogens with zero attached hydrogens (tertiary/aromatic N) is 2. The number of rotatable bonds is 3. The number of likely N-dealkylation sites (N-methyl/N-ethyl adjacent to an activating group) is 1. The highest BCUT2D eigenvalue weighted by Crippen LogP contribution is 2.09. The Morgan fingerprint density at radius 1 is 1.48 bits per heavy atom. The lowest BCUT2D eigenvalue weighted by molar-refractivity contribution is -0.126. The number of piperazine rings is 1. The van der Waals surface area contributed by atoms with Gasteiger partial charge in [-0.2, -0.15) is 0 Å². The minimum atomic E-state index is -0.546. The molecule has 1 aliphatic rings. The summed E-state index contributed by atoms with van der Waals surface area (Å²) in [4.78, 5) is 37.8. The molecule has 1 aromatic rings. The monoisotopic (exact) mass is 292 g/mol. The Kier molecular flexibility index (Phi) is 4.74. The van der Waals surface area contributed by atoms with Crippen molar-refractivity contribution >= 4 is 11.8 Å². The summed E-state index contributed by atoms with van der Waals surface area (Å²) in [5.74, 6) is -0.465. The number of pyridine rings is 1. The molecule has 0 aromatic carbocycles. The summed E-state index contributed by atoms with van der Waals surface area (Å²) in [7, 11) is 1.62. The van der Waals surface area contributed by atoms with Crippen molar-refractivity contribution in [3.63, 3.8) is 0 Å². The molecule has 2 N–H and O–H groups in total. The third kappa shape index (κ3) is 3.30. The summed E-state index contributed by atoms with van der Waals surface area (Å²) in [6.07, 6.45) is 1.55. The van der Waals surface area contributed by atoms with Gasteiger partial charge in [0.25, 0.3) is 11.5 Å². The first kappa shape index (κ1) is 15.2. The lowest BCUT2D eigenvalue weighted by atomic mass is 10.1. The molecule has 114 valence electrons. The van der Waals surface area contributed by atoms with Gasteiger partial charge in [-0.3, -0.25) is 14.4 Å². The molecule has 2 amide bonds. The molecular weight excluding hydrogens is 272 g/mol. The maximum Gasteiger partial charge on any atom is 0.254 e. The Hall–Kier alpha value is -2.15. The van der Waals surface area contributed by atoms with Crippen LogP contribution in [0.15, 0.2) is 23.1 Å². The van der Waals surface area contributed by atoms with Crippen LogP contribution in [0.25, 0.3) is 0 Å². The minimum Gasteiger partial charge on any atom is -0.355 e. The minimum absolute atomic E-state index is 0.179. The Labute approximate surface area is 122 Å². The molecule has 1 aromatic heterocycles. The van der Waals surface area contributed by atoms with Crippen LogP contribution >= 0.6 is 0 Å². The van der Waals surface area contributed by atoms with Crippen molar-refractivity contribution in [2.75, 3.05) is 26.2 Å². The van der Waals surface area contributed by atoms with Gasteiger partial charge in [-0.15, -0.1) is 0 Å². The second kappa shape index (κ2) is 6.53. The average Bonchev–Trinajstić information content (AvgIpc) is 2.49. The van der Waals surface area contributed by atoms with E-state index in [1.165, 1.54) is 15.5 Å². The van der Waals surface area contributed by atoms with Crippen LogP contribution < -0.4 is 16.2 Å². The van der Waals surface area contributed by atoms with Crippen molar-refractivity contribution in [1.29, 1.82) is 0 Å². The zero-order chi connectivity index (χ0) is 15.4. The summed E-state index contributed by atoms with van der Waals surface area (Å²) in [5, 5.41) is 5.84. The number of aryl methyl sites for hydroxylation is 1. The smallest absolute Gasteiger partial charge is 0.254 e. The van der Waals surface area contributed by atoms with Crippen molar-refractivity contribution in [3.8, 4) is 0 Å². The standard InChI is InChI=1S/C14H20N4O3/c1-3-16-13(20)11-9-15-5-7-18(11)14(21)10-4-6-17(2)12(19)8-10/h4,6,8,11,15H,3,5,7,9H2,1-2H3,(H,16,20). The topological polar surface area (TPSA) is 83.4 Å². The molecule has 1 saturated heterocycles. The molecule has 7 nitrogen and oxygen atoms in total. The van der Waals surface area contributed by atoms with E-state index in [4.69, 9.17) is 0 Å². The SMILES string of the molecule is CCNC(=O)C1CNCCN1C(=O)c1ccn(C)c(=O)c1. The Bertz CT molecular complexity index is 596. The van der Waals surface area contributed by atoms with Gasteiger partial charge in [-0.05, 0) is 13.0 Å². The fourth-order valence-electron chi connectivity index (χ4n) is 2.32. The average molecular weight is 292 g/mol. The van der Waals surface area contributed by atoms with Gasteiger partial charge in [0, 0.05) is 51.1 Å². The first-order valence-corrected chi connectivity index (χ1v) is 7.00. The van der Waals surface area contributed by atoms with Crippen molar-refractivity contribution in [2.45, 2.75) is 13.0 Å². The predicted octanol–water partition coefficient (Wildman–Crippen LogP) is -1.06. The van der Waals surface area contributed by atoms with Gasteiger partial charge in [-0.25, -0.2) is 0 Å². The van der Waals surface area contributed by atoms with Gasteiger partial charge < -0.3 is 20.1 Å². The van der Waals surface area contributed by atoms with Crippen molar-refractivity contribution in [2.24, 2.45) is 7.05 Å². The van der Waals surface area contributed by atoms with Crippen LogP contribution in [-0.2, 0) is 11.8 Å². The molecule has 0 aliphatic carbocycles. The summed E-state index contributed by atoms with van der Waals surface area (Å²) in [6, 6.07) is 2.36. The lowest BCUT2D eigenvalue weighted by Gasteiger charge is -2.35. The Morgan fingerprint density at radius 3 is 2.90 bits per heavy atom. The number of nitrogens with one attached hydrogen (secondary N) is 2. The van der Waals surface area contributed by atoms with Crippen LogP contribution in [0.1, 0.15) is 17.3 Å². The highest BCUT2D eigenvalue weighted by molar-refractivity contribution is 5.97. The van der Waals surface area contributed by atoms with Gasteiger partial charge in [0.05, 0.1) is 0 Å². The molecule has 1 fully saturated rings. The molecule has 0 saturated carbocycles. The van der Waals surface area contributed by atoms with Gasteiger partial charge in [0.15, 0.2) is 0 Å². The van der Waals surface area contributed by atoms with Crippen LogP contribution in [-0.4, -0.2) is 53.5 Å². The van der Waals surface area contributed by atoms with E-state index >= 15 is 0 Å². The van der Waals surface area contributed by atoms with E-state index in [1.54, 1.807) is 19.3 Å². The zero-order valence-electron chi connectivity index (χ0n) is 12.3. The summed E-state index contributed by atoms with van der Waals surface area (Å²) < 4.78 is 1.40. The Morgan fingerprint density at radius 2 is 2.24 bits per heavy atom. The quantitative estimate of drug-likeness (QED) is 0.743. The molecule has 0 bridgehead atoms. The maximum absolute atomic E-state index is 12.6. The van der Waals surface area contributed by atoms with Gasteiger partial charge in [0.2, 0.25) is 5.91 Å². The van der Waals surface area contributed by atoms with Gasteiger partial charge >= 0.3 is 0 Å².